The minimum absolute atomic E-state index is 0.124. The lowest BCUT2D eigenvalue weighted by atomic mass is 10.1. The summed E-state index contributed by atoms with van der Waals surface area (Å²) in [4.78, 5) is 37.1. The maximum absolute atomic E-state index is 12.7. The molecular weight excluding hydrogens is 472 g/mol. The molecular formula is C21H19BrN2O5S. The lowest BCUT2D eigenvalue weighted by Crippen LogP contribution is -2.27. The summed E-state index contributed by atoms with van der Waals surface area (Å²) in [7, 11) is 0. The van der Waals surface area contributed by atoms with Gasteiger partial charge in [0.2, 0.25) is 0 Å². The van der Waals surface area contributed by atoms with Gasteiger partial charge in [-0.1, -0.05) is 38.1 Å². The van der Waals surface area contributed by atoms with Crippen LogP contribution >= 0.6 is 27.7 Å². The number of nitrogens with zero attached hydrogens (tertiary/aromatic N) is 2. The first kappa shape index (κ1) is 22.0. The summed E-state index contributed by atoms with van der Waals surface area (Å²) in [6.07, 6.45) is 1.63. The molecule has 1 aliphatic rings. The number of nitro benzene ring substituents is 1. The molecule has 0 spiro atoms. The number of para-hydroxylation sites is 1. The highest BCUT2D eigenvalue weighted by molar-refractivity contribution is 9.10. The van der Waals surface area contributed by atoms with E-state index in [1.165, 1.54) is 12.1 Å². The molecule has 2 aromatic carbocycles. The van der Waals surface area contributed by atoms with Gasteiger partial charge in [-0.15, -0.1) is 0 Å². The Morgan fingerprint density at radius 1 is 1.23 bits per heavy atom. The molecule has 1 saturated heterocycles. The van der Waals surface area contributed by atoms with Crippen molar-refractivity contribution in [2.45, 2.75) is 20.4 Å². The Morgan fingerprint density at radius 3 is 2.63 bits per heavy atom. The molecule has 0 aromatic heterocycles. The van der Waals surface area contributed by atoms with Gasteiger partial charge in [0, 0.05) is 11.6 Å². The molecule has 1 aliphatic heterocycles. The molecule has 0 N–H and O–H groups in total. The topological polar surface area (TPSA) is 89.8 Å². The van der Waals surface area contributed by atoms with Gasteiger partial charge in [-0.2, -0.15) is 0 Å². The summed E-state index contributed by atoms with van der Waals surface area (Å²) < 4.78 is 6.46. The Morgan fingerprint density at radius 2 is 1.97 bits per heavy atom. The Bertz CT molecular complexity index is 1040. The van der Waals surface area contributed by atoms with Crippen LogP contribution in [0.25, 0.3) is 6.08 Å². The fourth-order valence-corrected chi connectivity index (χ4v) is 4.11. The van der Waals surface area contributed by atoms with E-state index >= 15 is 0 Å². The summed E-state index contributed by atoms with van der Waals surface area (Å²) in [6, 6.07) is 11.5. The van der Waals surface area contributed by atoms with Crippen molar-refractivity contribution >= 4 is 50.6 Å². The second-order valence-electron chi connectivity index (χ2n) is 7.05. The number of halogens is 1. The Kier molecular flexibility index (Phi) is 6.94. The molecule has 2 aromatic rings. The summed E-state index contributed by atoms with van der Waals surface area (Å²) >= 11 is 4.28. The summed E-state index contributed by atoms with van der Waals surface area (Å²) in [6.45, 7) is 4.55. The van der Waals surface area contributed by atoms with E-state index in [1.54, 1.807) is 30.3 Å². The highest BCUT2D eigenvalue weighted by Gasteiger charge is 2.36. The Balaban J connectivity index is 1.78. The third-order valence-corrected chi connectivity index (χ3v) is 5.74. The van der Waals surface area contributed by atoms with Crippen molar-refractivity contribution < 1.29 is 19.2 Å². The van der Waals surface area contributed by atoms with E-state index in [0.717, 1.165) is 26.7 Å². The maximum Gasteiger partial charge on any atom is 0.293 e. The average molecular weight is 491 g/mol. The number of imide groups is 1. The molecule has 3 rings (SSSR count). The number of benzene rings is 2. The monoisotopic (exact) mass is 490 g/mol. The van der Waals surface area contributed by atoms with Gasteiger partial charge in [0.15, 0.2) is 0 Å². The van der Waals surface area contributed by atoms with Crippen LogP contribution in [0.2, 0.25) is 0 Å². The van der Waals surface area contributed by atoms with Gasteiger partial charge in [0.25, 0.3) is 16.8 Å². The summed E-state index contributed by atoms with van der Waals surface area (Å²) in [5.41, 5.74) is 0.914. The van der Waals surface area contributed by atoms with Crippen LogP contribution in [0.5, 0.6) is 5.75 Å². The fraction of sp³-hybridized carbons (Fsp3) is 0.238. The highest BCUT2D eigenvalue weighted by atomic mass is 79.9. The smallest absolute Gasteiger partial charge is 0.293 e. The molecule has 7 nitrogen and oxygen atoms in total. The number of nitro groups is 1. The quantitative estimate of drug-likeness (QED) is 0.283. The SMILES string of the molecule is CC(C)COc1ccc(/C=C2\SC(=O)N(Cc3ccccc3[N+](=O)[O-])C2=O)cc1Br. The average Bonchev–Trinajstić information content (AvgIpc) is 2.95. The van der Waals surface area contributed by atoms with Crippen molar-refractivity contribution in [3.8, 4) is 5.75 Å². The third-order valence-electron chi connectivity index (χ3n) is 4.22. The number of ether oxygens (including phenoxy) is 1. The van der Waals surface area contributed by atoms with Crippen molar-refractivity contribution in [3.05, 3.63) is 73.1 Å². The van der Waals surface area contributed by atoms with E-state index in [0.29, 0.717) is 23.8 Å². The van der Waals surface area contributed by atoms with Crippen LogP contribution in [0.3, 0.4) is 0 Å². The molecule has 156 valence electrons. The van der Waals surface area contributed by atoms with E-state index < -0.39 is 16.1 Å². The van der Waals surface area contributed by atoms with Gasteiger partial charge in [-0.3, -0.25) is 24.6 Å². The van der Waals surface area contributed by atoms with Crippen molar-refractivity contribution in [2.24, 2.45) is 5.92 Å². The molecule has 0 saturated carbocycles. The van der Waals surface area contributed by atoms with Crippen molar-refractivity contribution in [1.29, 1.82) is 0 Å². The number of hydrogen-bond donors (Lipinski definition) is 0. The maximum atomic E-state index is 12.7. The first-order valence-corrected chi connectivity index (χ1v) is 10.8. The summed E-state index contributed by atoms with van der Waals surface area (Å²) in [5, 5.41) is 10.7. The molecule has 0 radical (unpaired) electrons. The lowest BCUT2D eigenvalue weighted by Gasteiger charge is -2.12. The fourth-order valence-electron chi connectivity index (χ4n) is 2.76. The lowest BCUT2D eigenvalue weighted by molar-refractivity contribution is -0.385. The van der Waals surface area contributed by atoms with Crippen LogP contribution in [-0.4, -0.2) is 27.6 Å². The van der Waals surface area contributed by atoms with Gasteiger partial charge in [-0.25, -0.2) is 0 Å². The molecule has 0 aliphatic carbocycles. The number of amides is 2. The van der Waals surface area contributed by atoms with Crippen LogP contribution in [0.4, 0.5) is 10.5 Å². The molecule has 9 heteroatoms. The van der Waals surface area contributed by atoms with Crippen LogP contribution in [0, 0.1) is 16.0 Å². The zero-order valence-corrected chi connectivity index (χ0v) is 18.7. The van der Waals surface area contributed by atoms with Crippen molar-refractivity contribution in [2.75, 3.05) is 6.61 Å². The van der Waals surface area contributed by atoms with Gasteiger partial charge in [0.05, 0.1) is 27.5 Å². The highest BCUT2D eigenvalue weighted by Crippen LogP contribution is 2.35. The Labute approximate surface area is 186 Å². The molecule has 1 heterocycles. The van der Waals surface area contributed by atoms with Gasteiger partial charge < -0.3 is 4.74 Å². The predicted molar refractivity (Wildman–Crippen MR) is 119 cm³/mol. The minimum Gasteiger partial charge on any atom is -0.492 e. The zero-order chi connectivity index (χ0) is 21.8. The Hall–Kier alpha value is -2.65. The van der Waals surface area contributed by atoms with E-state index in [9.17, 15) is 19.7 Å². The van der Waals surface area contributed by atoms with Crippen LogP contribution in [-0.2, 0) is 11.3 Å². The molecule has 2 amide bonds. The second kappa shape index (κ2) is 9.44. The van der Waals surface area contributed by atoms with E-state index in [1.807, 2.05) is 6.07 Å². The number of rotatable bonds is 7. The largest absolute Gasteiger partial charge is 0.492 e. The van der Waals surface area contributed by atoms with Crippen LogP contribution in [0.15, 0.2) is 51.8 Å². The normalized spacial score (nSPS) is 15.3. The van der Waals surface area contributed by atoms with Crippen LogP contribution in [0.1, 0.15) is 25.0 Å². The van der Waals surface area contributed by atoms with Crippen molar-refractivity contribution in [3.63, 3.8) is 0 Å². The molecule has 1 fully saturated rings. The minimum atomic E-state index is -0.523. The van der Waals surface area contributed by atoms with Gasteiger partial charge in [0.1, 0.15) is 5.75 Å². The van der Waals surface area contributed by atoms with Crippen molar-refractivity contribution in [1.82, 2.24) is 4.90 Å². The number of carbonyl (C=O) groups is 2. The first-order valence-electron chi connectivity index (χ1n) is 9.16. The first-order chi connectivity index (χ1) is 14.3. The standard InChI is InChI=1S/C21H19BrN2O5S/c1-13(2)12-29-18-8-7-14(9-16(18)22)10-19-20(25)23(21(26)30-19)11-15-5-3-4-6-17(15)24(27)28/h3-10,13H,11-12H2,1-2H3/b19-10-. The predicted octanol–water partition coefficient (Wildman–Crippen LogP) is 5.63. The number of hydrogen-bond acceptors (Lipinski definition) is 6. The zero-order valence-electron chi connectivity index (χ0n) is 16.3. The molecule has 30 heavy (non-hydrogen) atoms. The molecule has 0 atom stereocenters. The second-order valence-corrected chi connectivity index (χ2v) is 8.90. The van der Waals surface area contributed by atoms with E-state index in [4.69, 9.17) is 4.74 Å². The molecule has 0 bridgehead atoms. The van der Waals surface area contributed by atoms with Gasteiger partial charge >= 0.3 is 0 Å². The molecule has 0 unspecified atom stereocenters. The van der Waals surface area contributed by atoms with E-state index in [2.05, 4.69) is 29.8 Å². The number of carbonyl (C=O) groups excluding carboxylic acids is 2. The summed E-state index contributed by atoms with van der Waals surface area (Å²) in [5.74, 6) is 0.619. The number of thioether (sulfide) groups is 1. The van der Waals surface area contributed by atoms with Gasteiger partial charge in [-0.05, 0) is 57.4 Å². The van der Waals surface area contributed by atoms with Crippen LogP contribution < -0.4 is 4.74 Å². The third kappa shape index (κ3) is 5.09. The van der Waals surface area contributed by atoms with E-state index in [-0.39, 0.29) is 17.1 Å².